The zero-order valence-corrected chi connectivity index (χ0v) is 27.9. The molecule has 3 fully saturated rings. The molecule has 50 heavy (non-hydrogen) atoms. The quantitative estimate of drug-likeness (QED) is 0.147. The minimum Gasteiger partial charge on any atom is -0.507 e. The molecule has 0 saturated carbocycles. The van der Waals surface area contributed by atoms with E-state index in [1.165, 1.54) is 0 Å². The number of benzene rings is 2. The van der Waals surface area contributed by atoms with Crippen LogP contribution in [-0.2, 0) is 9.59 Å². The van der Waals surface area contributed by atoms with Crippen LogP contribution in [-0.4, -0.2) is 130 Å². The van der Waals surface area contributed by atoms with Gasteiger partial charge in [-0.2, -0.15) is 0 Å². The Kier molecular flexibility index (Phi) is 9.38. The number of imide groups is 2. The van der Waals surface area contributed by atoms with Crippen LogP contribution in [0.4, 0.5) is 5.69 Å². The highest BCUT2D eigenvalue weighted by Gasteiger charge is 2.45. The molecule has 2 aromatic rings. The van der Waals surface area contributed by atoms with E-state index in [1.807, 2.05) is 0 Å². The standard InChI is InChI=1S/C36H43N9O5/c37-26(24-5-1-2-8-30(24)46)19-29-33(38)40-20-23-21-43(17-18-44(23)29)22-11-15-42(16-12-22)14-4-13-39-27-7-3-6-25-32(27)36(50)45(35(25)49)28-9-10-31(47)41-34(28)48/h1-3,5-8,19,22-23,28,37,39,46H,4,9-18,20-21H2,(H2,38,40)(H,41,47,48)/b29-19+,37-26?/t23-,28?/m0/s1. The smallest absolute Gasteiger partial charge is 0.264 e. The van der Waals surface area contributed by atoms with Crippen molar-refractivity contribution in [1.29, 1.82) is 5.41 Å². The Balaban J connectivity index is 0.879. The first-order valence-corrected chi connectivity index (χ1v) is 17.4. The van der Waals surface area contributed by atoms with E-state index < -0.39 is 29.7 Å². The van der Waals surface area contributed by atoms with E-state index in [4.69, 9.17) is 11.1 Å². The Morgan fingerprint density at radius 2 is 1.80 bits per heavy atom. The number of nitrogens with zero attached hydrogens (tertiary/aromatic N) is 5. The van der Waals surface area contributed by atoms with Crippen LogP contribution in [0.2, 0.25) is 0 Å². The predicted octanol–water partition coefficient (Wildman–Crippen LogP) is 1.37. The molecule has 14 heteroatoms. The number of piperazine rings is 1. The highest BCUT2D eigenvalue weighted by atomic mass is 16.3. The van der Waals surface area contributed by atoms with Crippen molar-refractivity contribution in [3.63, 3.8) is 0 Å². The number of phenolic OH excluding ortho intramolecular Hbond substituents is 1. The maximum atomic E-state index is 13.4. The average molecular weight is 682 g/mol. The third-order valence-electron chi connectivity index (χ3n) is 10.5. The van der Waals surface area contributed by atoms with E-state index in [9.17, 15) is 24.3 Å². The van der Waals surface area contributed by atoms with Gasteiger partial charge in [0.25, 0.3) is 11.8 Å². The maximum Gasteiger partial charge on any atom is 0.264 e. The van der Waals surface area contributed by atoms with E-state index in [-0.39, 0.29) is 41.5 Å². The molecular weight excluding hydrogens is 638 g/mol. The highest BCUT2D eigenvalue weighted by molar-refractivity contribution is 6.25. The van der Waals surface area contributed by atoms with Crippen molar-refractivity contribution >= 4 is 40.9 Å². The molecule has 3 saturated heterocycles. The molecule has 0 bridgehead atoms. The molecule has 2 atom stereocenters. The number of anilines is 1. The molecule has 5 heterocycles. The van der Waals surface area contributed by atoms with Gasteiger partial charge in [0.05, 0.1) is 35.1 Å². The molecule has 5 aliphatic rings. The summed E-state index contributed by atoms with van der Waals surface area (Å²) in [4.78, 5) is 63.4. The summed E-state index contributed by atoms with van der Waals surface area (Å²) in [6.45, 7) is 6.74. The number of allylic oxidation sites excluding steroid dienone is 1. The second kappa shape index (κ2) is 14.0. The normalized spacial score (nSPS) is 24.2. The van der Waals surface area contributed by atoms with E-state index in [0.29, 0.717) is 36.2 Å². The molecule has 0 aliphatic carbocycles. The average Bonchev–Trinajstić information content (AvgIpc) is 3.37. The largest absolute Gasteiger partial charge is 0.507 e. The number of nitrogens with two attached hydrogens (primary N) is 1. The summed E-state index contributed by atoms with van der Waals surface area (Å²) in [6, 6.07) is 11.6. The van der Waals surface area contributed by atoms with Crippen LogP contribution < -0.4 is 16.4 Å². The van der Waals surface area contributed by atoms with Crippen LogP contribution >= 0.6 is 0 Å². The fourth-order valence-corrected chi connectivity index (χ4v) is 7.89. The molecule has 6 N–H and O–H groups in total. The number of carbonyl (C=O) groups excluding carboxylic acids is 4. The number of fused-ring (bicyclic) bond motifs is 2. The van der Waals surface area contributed by atoms with E-state index in [2.05, 4.69) is 30.3 Å². The second-order valence-corrected chi connectivity index (χ2v) is 13.6. The minimum atomic E-state index is -0.985. The molecule has 4 amide bonds. The van der Waals surface area contributed by atoms with Gasteiger partial charge >= 0.3 is 0 Å². The lowest BCUT2D eigenvalue weighted by atomic mass is 9.99. The number of amidine groups is 1. The van der Waals surface area contributed by atoms with E-state index in [0.717, 1.165) is 69.1 Å². The molecule has 14 nitrogen and oxygen atoms in total. The summed E-state index contributed by atoms with van der Waals surface area (Å²) < 4.78 is 0. The van der Waals surface area contributed by atoms with Crippen LogP contribution in [0.15, 0.2) is 59.2 Å². The van der Waals surface area contributed by atoms with Gasteiger partial charge in [0.15, 0.2) is 0 Å². The molecule has 1 unspecified atom stereocenters. The van der Waals surface area contributed by atoms with Crippen molar-refractivity contribution in [2.45, 2.75) is 50.2 Å². The van der Waals surface area contributed by atoms with Crippen LogP contribution in [0.1, 0.15) is 58.4 Å². The van der Waals surface area contributed by atoms with Crippen LogP contribution in [0.3, 0.4) is 0 Å². The summed E-state index contributed by atoms with van der Waals surface area (Å²) in [5, 5.41) is 24.4. The molecule has 262 valence electrons. The number of piperidine rings is 2. The summed E-state index contributed by atoms with van der Waals surface area (Å²) in [7, 11) is 0. The molecule has 5 aliphatic heterocycles. The van der Waals surface area contributed by atoms with Gasteiger partial charge in [-0.15, -0.1) is 0 Å². The summed E-state index contributed by atoms with van der Waals surface area (Å²) in [5.41, 5.74) is 8.86. The van der Waals surface area contributed by atoms with E-state index >= 15 is 0 Å². The summed E-state index contributed by atoms with van der Waals surface area (Å²) in [5.74, 6) is -1.52. The van der Waals surface area contributed by atoms with Gasteiger partial charge in [0.2, 0.25) is 11.8 Å². The van der Waals surface area contributed by atoms with E-state index in [1.54, 1.807) is 48.5 Å². The number of para-hydroxylation sites is 1. The van der Waals surface area contributed by atoms with Gasteiger partial charge in [-0.05, 0) is 75.7 Å². The number of amides is 4. The summed E-state index contributed by atoms with van der Waals surface area (Å²) >= 11 is 0. The van der Waals surface area contributed by atoms with Crippen LogP contribution in [0.25, 0.3) is 0 Å². The number of likely N-dealkylation sites (tertiary alicyclic amines) is 1. The molecule has 0 radical (unpaired) electrons. The zero-order valence-electron chi connectivity index (χ0n) is 27.9. The van der Waals surface area contributed by atoms with Crippen molar-refractivity contribution in [3.8, 4) is 5.75 Å². The molecule has 0 aromatic heterocycles. The van der Waals surface area contributed by atoms with Gasteiger partial charge in [-0.25, -0.2) is 0 Å². The van der Waals surface area contributed by atoms with Crippen LogP contribution in [0.5, 0.6) is 5.75 Å². The van der Waals surface area contributed by atoms with Crippen molar-refractivity contribution in [2.24, 2.45) is 10.7 Å². The topological polar surface area (TPSA) is 188 Å². The van der Waals surface area contributed by atoms with Gasteiger partial charge in [-0.3, -0.25) is 39.3 Å². The van der Waals surface area contributed by atoms with Gasteiger partial charge in [-0.1, -0.05) is 18.2 Å². The van der Waals surface area contributed by atoms with Crippen molar-refractivity contribution < 1.29 is 24.3 Å². The highest BCUT2D eigenvalue weighted by Crippen LogP contribution is 2.33. The lowest BCUT2D eigenvalue weighted by Crippen LogP contribution is -2.60. The Morgan fingerprint density at radius 1 is 1.00 bits per heavy atom. The third-order valence-corrected chi connectivity index (χ3v) is 10.5. The zero-order chi connectivity index (χ0) is 34.9. The Morgan fingerprint density at radius 3 is 2.58 bits per heavy atom. The first kappa shape index (κ1) is 33.4. The third kappa shape index (κ3) is 6.48. The SMILES string of the molecule is N=C(/C=C1\C(N)=NC[C@H]2CN(C3CCN(CCCNc4cccc5c4C(=O)N(C4CCC(=O)NC4=O)C5=O)CC3)CCN12)c1ccccc1O. The molecule has 7 rings (SSSR count). The number of hydrogen-bond donors (Lipinski definition) is 5. The maximum absolute atomic E-state index is 13.4. The predicted molar refractivity (Wildman–Crippen MR) is 187 cm³/mol. The number of nitrogens with one attached hydrogen (secondary N) is 3. The molecular formula is C36H43N9O5. The van der Waals surface area contributed by atoms with Gasteiger partial charge in [0, 0.05) is 49.9 Å². The Hall–Kier alpha value is -5.08. The molecule has 0 spiro atoms. The monoisotopic (exact) mass is 681 g/mol. The number of aromatic hydroxyl groups is 1. The van der Waals surface area contributed by atoms with Gasteiger partial charge < -0.3 is 31.4 Å². The fourth-order valence-electron chi connectivity index (χ4n) is 7.89. The number of hydrogen-bond acceptors (Lipinski definition) is 12. The first-order valence-electron chi connectivity index (χ1n) is 17.4. The lowest BCUT2D eigenvalue weighted by molar-refractivity contribution is -0.136. The molecule has 2 aromatic carbocycles. The minimum absolute atomic E-state index is 0.0678. The fraction of sp³-hybridized carbons (Fsp3) is 0.444. The summed E-state index contributed by atoms with van der Waals surface area (Å²) in [6.07, 6.45) is 4.95. The van der Waals surface area contributed by atoms with Crippen molar-refractivity contribution in [3.05, 3.63) is 70.9 Å². The number of carbonyl (C=O) groups is 4. The number of aliphatic imine (C=N–C) groups is 1. The second-order valence-electron chi connectivity index (χ2n) is 13.6. The van der Waals surface area contributed by atoms with Crippen molar-refractivity contribution in [2.75, 3.05) is 57.7 Å². The first-order chi connectivity index (χ1) is 24.2. The van der Waals surface area contributed by atoms with Crippen LogP contribution in [0, 0.1) is 5.41 Å². The van der Waals surface area contributed by atoms with Crippen molar-refractivity contribution in [1.82, 2.24) is 24.9 Å². The Labute approximate surface area is 290 Å². The van der Waals surface area contributed by atoms with Gasteiger partial charge in [0.1, 0.15) is 17.6 Å². The Bertz CT molecular complexity index is 1780. The number of rotatable bonds is 9. The lowest BCUT2D eigenvalue weighted by Gasteiger charge is -2.48. The number of phenols is 1.